The van der Waals surface area contributed by atoms with Crippen LogP contribution in [-0.2, 0) is 41.7 Å². The van der Waals surface area contributed by atoms with Gasteiger partial charge in [-0.25, -0.2) is 4.79 Å². The third-order valence-electron chi connectivity index (χ3n) is 5.91. The van der Waals surface area contributed by atoms with Gasteiger partial charge in [-0.1, -0.05) is 42.5 Å². The summed E-state index contributed by atoms with van der Waals surface area (Å²) in [4.78, 5) is 52.5. The maximum atomic E-state index is 13.3. The van der Waals surface area contributed by atoms with E-state index < -0.39 is 23.4 Å². The van der Waals surface area contributed by atoms with Gasteiger partial charge < -0.3 is 19.5 Å². The monoisotopic (exact) mass is 590 g/mol. The van der Waals surface area contributed by atoms with Crippen LogP contribution < -0.4 is 10.1 Å². The van der Waals surface area contributed by atoms with Crippen molar-refractivity contribution in [2.45, 2.75) is 24.4 Å². The van der Waals surface area contributed by atoms with Crippen molar-refractivity contribution in [3.05, 3.63) is 76.3 Å². The van der Waals surface area contributed by atoms with Crippen LogP contribution in [0.5, 0.6) is 5.75 Å². The van der Waals surface area contributed by atoms with Crippen molar-refractivity contribution in [2.75, 3.05) is 31.1 Å². The number of alkyl halides is 1. The Hall–Kier alpha value is -3.15. The molecule has 0 spiro atoms. The summed E-state index contributed by atoms with van der Waals surface area (Å²) >= 11 is 8.23. The lowest BCUT2D eigenvalue weighted by Gasteiger charge is -2.49. The summed E-state index contributed by atoms with van der Waals surface area (Å²) in [6.45, 7) is 0.114. The molecule has 0 aliphatic carbocycles. The highest BCUT2D eigenvalue weighted by atomic mass is 35.5. The average molecular weight is 591 g/mol. The van der Waals surface area contributed by atoms with Gasteiger partial charge in [0.25, 0.3) is 5.91 Å². The molecule has 9 nitrogen and oxygen atoms in total. The summed E-state index contributed by atoms with van der Waals surface area (Å²) in [5.74, 6) is -0.578. The molecule has 39 heavy (non-hydrogen) atoms. The van der Waals surface area contributed by atoms with E-state index in [4.69, 9.17) is 25.8 Å². The zero-order valence-electron chi connectivity index (χ0n) is 21.1. The molecule has 0 unspecified atom stereocenters. The highest BCUT2D eigenvalue weighted by molar-refractivity contribution is 8.06. The maximum absolute atomic E-state index is 13.3. The van der Waals surface area contributed by atoms with Crippen LogP contribution in [-0.4, -0.2) is 71.2 Å². The van der Waals surface area contributed by atoms with Gasteiger partial charge in [0.2, 0.25) is 5.91 Å². The second-order valence-electron chi connectivity index (χ2n) is 8.52. The Balaban J connectivity index is 1.44. The van der Waals surface area contributed by atoms with E-state index in [1.807, 2.05) is 30.3 Å². The summed E-state index contributed by atoms with van der Waals surface area (Å²) in [5, 5.41) is 2.38. The third kappa shape index (κ3) is 7.28. The molecule has 2 aliphatic heterocycles. The van der Waals surface area contributed by atoms with Gasteiger partial charge >= 0.3 is 11.9 Å². The number of nitrogens with one attached hydrogen (secondary N) is 1. The van der Waals surface area contributed by atoms with Gasteiger partial charge in [-0.2, -0.15) is 0 Å². The van der Waals surface area contributed by atoms with Gasteiger partial charge in [0, 0.05) is 16.4 Å². The molecule has 0 aromatic heterocycles. The van der Waals surface area contributed by atoms with E-state index in [0.29, 0.717) is 22.2 Å². The molecule has 2 amide bonds. The Labute approximate surface area is 239 Å². The van der Waals surface area contributed by atoms with Crippen molar-refractivity contribution in [1.82, 2.24) is 10.2 Å². The molecule has 2 heterocycles. The van der Waals surface area contributed by atoms with E-state index in [1.165, 1.54) is 28.4 Å². The number of esters is 2. The standard InChI is InChI=1S/C27H27ClN2O7S2/c1-35-19-9-7-18(8-10-19)15-37-27(34)24-20(38-12-11-36-22(32)14-28)16-39-26-23(25(33)30(24)26)29-21(31)13-17-5-3-2-4-6-17/h2-10,23,26H,11-16H2,1H3,(H,29,31)/t23-,26+/m1/s1. The zero-order valence-corrected chi connectivity index (χ0v) is 23.5. The maximum Gasteiger partial charge on any atom is 0.356 e. The summed E-state index contributed by atoms with van der Waals surface area (Å²) in [5.41, 5.74) is 1.75. The number of fused-ring (bicyclic) bond motifs is 1. The minimum atomic E-state index is -0.744. The molecule has 0 radical (unpaired) electrons. The fourth-order valence-electron chi connectivity index (χ4n) is 4.00. The van der Waals surface area contributed by atoms with Crippen LogP contribution in [0.2, 0.25) is 0 Å². The average Bonchev–Trinajstić information content (AvgIpc) is 2.97. The number of halogens is 1. The molecule has 206 valence electrons. The molecule has 1 fully saturated rings. The number of ether oxygens (including phenoxy) is 3. The van der Waals surface area contributed by atoms with Crippen LogP contribution in [0.25, 0.3) is 0 Å². The molecule has 1 saturated heterocycles. The van der Waals surface area contributed by atoms with Gasteiger partial charge in [-0.3, -0.25) is 19.3 Å². The van der Waals surface area contributed by atoms with Crippen LogP contribution in [0, 0.1) is 0 Å². The highest BCUT2D eigenvalue weighted by Crippen LogP contribution is 2.43. The van der Waals surface area contributed by atoms with E-state index >= 15 is 0 Å². The van der Waals surface area contributed by atoms with Crippen molar-refractivity contribution < 1.29 is 33.4 Å². The number of benzene rings is 2. The van der Waals surface area contributed by atoms with Crippen LogP contribution in [0.4, 0.5) is 0 Å². The van der Waals surface area contributed by atoms with Crippen LogP contribution in [0.1, 0.15) is 11.1 Å². The SMILES string of the molecule is COc1ccc(COC(=O)C2=C(SCCOC(=O)CCl)CS[C@H]3[C@H](NC(=O)Cc4ccccc4)C(=O)N23)cc1. The fourth-order valence-corrected chi connectivity index (χ4v) is 6.54. The van der Waals surface area contributed by atoms with Crippen molar-refractivity contribution in [1.29, 1.82) is 0 Å². The predicted molar refractivity (Wildman–Crippen MR) is 149 cm³/mol. The number of hydrogen-bond acceptors (Lipinski definition) is 9. The lowest BCUT2D eigenvalue weighted by molar-refractivity contribution is -0.153. The number of thioether (sulfide) groups is 2. The molecule has 2 atom stereocenters. The van der Waals surface area contributed by atoms with Crippen LogP contribution >= 0.6 is 35.1 Å². The van der Waals surface area contributed by atoms with E-state index in [2.05, 4.69) is 5.32 Å². The second-order valence-corrected chi connectivity index (χ2v) is 11.1. The van der Waals surface area contributed by atoms with Gasteiger partial charge in [0.15, 0.2) is 0 Å². The zero-order chi connectivity index (χ0) is 27.8. The smallest absolute Gasteiger partial charge is 0.356 e. The van der Waals surface area contributed by atoms with E-state index in [-0.39, 0.29) is 43.0 Å². The van der Waals surface area contributed by atoms with Gasteiger partial charge in [-0.15, -0.1) is 35.1 Å². The van der Waals surface area contributed by atoms with Crippen molar-refractivity contribution in [3.63, 3.8) is 0 Å². The first-order valence-corrected chi connectivity index (χ1v) is 14.6. The molecule has 4 rings (SSSR count). The Morgan fingerprint density at radius 2 is 1.82 bits per heavy atom. The molecule has 2 aliphatic rings. The molecular formula is C27H27ClN2O7S2. The Bertz CT molecular complexity index is 1240. The van der Waals surface area contributed by atoms with Crippen molar-refractivity contribution in [2.24, 2.45) is 0 Å². The molecular weight excluding hydrogens is 564 g/mol. The van der Waals surface area contributed by atoms with Crippen molar-refractivity contribution >= 4 is 58.9 Å². The first-order valence-electron chi connectivity index (χ1n) is 12.1. The topological polar surface area (TPSA) is 111 Å². The van der Waals surface area contributed by atoms with Crippen molar-refractivity contribution in [3.8, 4) is 5.75 Å². The molecule has 0 saturated carbocycles. The first-order chi connectivity index (χ1) is 18.9. The minimum absolute atomic E-state index is 0.00862. The Kier molecular flexibility index (Phi) is 10.2. The summed E-state index contributed by atoms with van der Waals surface area (Å²) in [7, 11) is 1.57. The molecule has 2 aromatic rings. The lowest BCUT2D eigenvalue weighted by Crippen LogP contribution is -2.70. The van der Waals surface area contributed by atoms with E-state index in [9.17, 15) is 19.2 Å². The number of carbonyl (C=O) groups excluding carboxylic acids is 4. The highest BCUT2D eigenvalue weighted by Gasteiger charge is 2.54. The largest absolute Gasteiger partial charge is 0.497 e. The predicted octanol–water partition coefficient (Wildman–Crippen LogP) is 3.11. The van der Waals surface area contributed by atoms with Gasteiger partial charge in [0.05, 0.1) is 13.5 Å². The first kappa shape index (κ1) is 28.8. The third-order valence-corrected chi connectivity index (χ3v) is 8.65. The number of methoxy groups -OCH3 is 1. The fraction of sp³-hybridized carbons (Fsp3) is 0.333. The summed E-state index contributed by atoms with van der Waals surface area (Å²) < 4.78 is 15.8. The quantitative estimate of drug-likeness (QED) is 0.172. The molecule has 0 bridgehead atoms. The number of rotatable bonds is 12. The van der Waals surface area contributed by atoms with E-state index in [1.54, 1.807) is 31.4 Å². The lowest BCUT2D eigenvalue weighted by atomic mass is 10.0. The van der Waals surface area contributed by atoms with Crippen LogP contribution in [0.15, 0.2) is 65.2 Å². The summed E-state index contributed by atoms with van der Waals surface area (Å²) in [6.07, 6.45) is 0.150. The van der Waals surface area contributed by atoms with Gasteiger partial charge in [-0.05, 0) is 23.3 Å². The van der Waals surface area contributed by atoms with E-state index in [0.717, 1.165) is 11.1 Å². The van der Waals surface area contributed by atoms with Gasteiger partial charge in [0.1, 0.15) is 42.0 Å². The number of hydrogen-bond donors (Lipinski definition) is 1. The summed E-state index contributed by atoms with van der Waals surface area (Å²) in [6, 6.07) is 15.6. The molecule has 12 heteroatoms. The molecule has 2 aromatic carbocycles. The van der Waals surface area contributed by atoms with Crippen LogP contribution in [0.3, 0.4) is 0 Å². The number of nitrogens with zero attached hydrogens (tertiary/aromatic N) is 1. The Morgan fingerprint density at radius 1 is 1.08 bits per heavy atom. The number of carbonyl (C=O) groups is 4. The Morgan fingerprint density at radius 3 is 2.51 bits per heavy atom. The number of amides is 2. The normalized spacial score (nSPS) is 18.1. The second kappa shape index (κ2) is 13.8. The molecule has 1 N–H and O–H groups in total. The number of β-lactam (4-membered cyclic amide) rings is 1. The minimum Gasteiger partial charge on any atom is -0.497 e.